The summed E-state index contributed by atoms with van der Waals surface area (Å²) in [5, 5.41) is 12.9. The number of benzene rings is 1. The Balaban J connectivity index is 1.88. The zero-order valence-electron chi connectivity index (χ0n) is 11.9. The van der Waals surface area contributed by atoms with Crippen LogP contribution in [0.2, 0.25) is 0 Å². The molecule has 0 spiro atoms. The smallest absolute Gasteiger partial charge is 0.407 e. The van der Waals surface area contributed by atoms with Gasteiger partial charge in [0.2, 0.25) is 0 Å². The van der Waals surface area contributed by atoms with Gasteiger partial charge in [-0.25, -0.2) is 9.59 Å². The minimum absolute atomic E-state index is 0.135. The molecule has 0 saturated heterocycles. The number of hydrogen-bond donors (Lipinski definition) is 2. The first kappa shape index (κ1) is 15.3. The van der Waals surface area contributed by atoms with E-state index in [0.29, 0.717) is 12.8 Å². The van der Waals surface area contributed by atoms with E-state index in [1.54, 1.807) is 0 Å². The molecule has 2 atom stereocenters. The molecule has 1 aromatic carbocycles. The van der Waals surface area contributed by atoms with E-state index in [1.807, 2.05) is 30.3 Å². The second-order valence-corrected chi connectivity index (χ2v) is 5.07. The number of alkyl carbamates (subject to hydrolysis) is 1. The van der Waals surface area contributed by atoms with Gasteiger partial charge < -0.3 is 19.9 Å². The largest absolute Gasteiger partial charge is 0.467 e. The fourth-order valence-corrected chi connectivity index (χ4v) is 2.51. The zero-order chi connectivity index (χ0) is 15.3. The maximum Gasteiger partial charge on any atom is 0.407 e. The highest BCUT2D eigenvalue weighted by Crippen LogP contribution is 2.31. The Morgan fingerprint density at radius 3 is 2.76 bits per heavy atom. The molecule has 6 heteroatoms. The van der Waals surface area contributed by atoms with Gasteiger partial charge in [-0.15, -0.1) is 0 Å². The molecule has 1 amide bonds. The Morgan fingerprint density at radius 1 is 1.38 bits per heavy atom. The highest BCUT2D eigenvalue weighted by Gasteiger charge is 2.49. The number of methoxy groups -OCH3 is 1. The first-order valence-electron chi connectivity index (χ1n) is 6.84. The molecular weight excluding hydrogens is 274 g/mol. The minimum Gasteiger partial charge on any atom is -0.467 e. The number of rotatable bonds is 4. The van der Waals surface area contributed by atoms with Crippen LogP contribution >= 0.6 is 0 Å². The summed E-state index contributed by atoms with van der Waals surface area (Å²) >= 11 is 0. The average Bonchev–Trinajstić information content (AvgIpc) is 2.87. The van der Waals surface area contributed by atoms with Crippen molar-refractivity contribution in [3.8, 4) is 0 Å². The molecular formula is C15H19NO5. The van der Waals surface area contributed by atoms with E-state index in [0.717, 1.165) is 5.56 Å². The standard InChI is InChI=1S/C15H19NO5/c1-20-13(17)15(19)9-5-8-12(15)16-14(18)21-10-11-6-3-2-4-7-11/h2-4,6-7,12,19H,5,8-10H2,1H3,(H,16,18). The normalized spacial score (nSPS) is 24.4. The molecule has 0 aliphatic heterocycles. The van der Waals surface area contributed by atoms with Crippen LogP contribution in [0.1, 0.15) is 24.8 Å². The second-order valence-electron chi connectivity index (χ2n) is 5.07. The number of hydrogen-bond acceptors (Lipinski definition) is 5. The third-order valence-electron chi connectivity index (χ3n) is 3.67. The van der Waals surface area contributed by atoms with Gasteiger partial charge in [-0.2, -0.15) is 0 Å². The molecule has 2 unspecified atom stereocenters. The van der Waals surface area contributed by atoms with Gasteiger partial charge in [0, 0.05) is 0 Å². The molecule has 0 aromatic heterocycles. The van der Waals surface area contributed by atoms with Gasteiger partial charge in [0.15, 0.2) is 5.60 Å². The van der Waals surface area contributed by atoms with E-state index < -0.39 is 23.7 Å². The van der Waals surface area contributed by atoms with Gasteiger partial charge in [0.1, 0.15) is 6.61 Å². The quantitative estimate of drug-likeness (QED) is 0.819. The van der Waals surface area contributed by atoms with Crippen molar-refractivity contribution in [2.75, 3.05) is 7.11 Å². The van der Waals surface area contributed by atoms with Gasteiger partial charge in [-0.3, -0.25) is 0 Å². The van der Waals surface area contributed by atoms with Crippen molar-refractivity contribution in [2.45, 2.75) is 37.5 Å². The Labute approximate surface area is 123 Å². The summed E-state index contributed by atoms with van der Waals surface area (Å²) in [6.45, 7) is 0.135. The van der Waals surface area contributed by atoms with E-state index in [1.165, 1.54) is 7.11 Å². The van der Waals surface area contributed by atoms with E-state index in [-0.39, 0.29) is 13.0 Å². The number of aliphatic hydroxyl groups is 1. The molecule has 1 aromatic rings. The van der Waals surface area contributed by atoms with Crippen molar-refractivity contribution >= 4 is 12.1 Å². The van der Waals surface area contributed by atoms with Gasteiger partial charge >= 0.3 is 12.1 Å². The van der Waals surface area contributed by atoms with Crippen molar-refractivity contribution in [2.24, 2.45) is 0 Å². The van der Waals surface area contributed by atoms with Gasteiger partial charge in [-0.1, -0.05) is 30.3 Å². The number of carbonyl (C=O) groups is 2. The van der Waals surface area contributed by atoms with Crippen molar-refractivity contribution in [3.05, 3.63) is 35.9 Å². The summed E-state index contributed by atoms with van der Waals surface area (Å²) in [7, 11) is 1.21. The fourth-order valence-electron chi connectivity index (χ4n) is 2.51. The summed E-state index contributed by atoms with van der Waals surface area (Å²) < 4.78 is 9.68. The Hall–Kier alpha value is -2.08. The molecule has 0 heterocycles. The van der Waals surface area contributed by atoms with Gasteiger partial charge in [-0.05, 0) is 24.8 Å². The molecule has 1 aliphatic carbocycles. The van der Waals surface area contributed by atoms with Crippen LogP contribution in [0.25, 0.3) is 0 Å². The SMILES string of the molecule is COC(=O)C1(O)CCCC1NC(=O)OCc1ccccc1. The highest BCUT2D eigenvalue weighted by molar-refractivity contribution is 5.82. The lowest BCUT2D eigenvalue weighted by atomic mass is 9.98. The molecule has 2 N–H and O–H groups in total. The van der Waals surface area contributed by atoms with Gasteiger partial charge in [0.05, 0.1) is 13.2 Å². The van der Waals surface area contributed by atoms with Crippen LogP contribution in [-0.2, 0) is 20.9 Å². The lowest BCUT2D eigenvalue weighted by Gasteiger charge is -2.27. The highest BCUT2D eigenvalue weighted by atomic mass is 16.6. The Kier molecular flexibility index (Phi) is 4.80. The number of carbonyl (C=O) groups excluding carboxylic acids is 2. The molecule has 0 radical (unpaired) electrons. The van der Waals surface area contributed by atoms with Crippen LogP contribution in [0.4, 0.5) is 4.79 Å². The number of esters is 1. The molecule has 1 saturated carbocycles. The maximum atomic E-state index is 11.8. The minimum atomic E-state index is -1.67. The summed E-state index contributed by atoms with van der Waals surface area (Å²) in [4.78, 5) is 23.4. The summed E-state index contributed by atoms with van der Waals surface area (Å²) in [6.07, 6.45) is 0.748. The first-order chi connectivity index (χ1) is 10.1. The van der Waals surface area contributed by atoms with Crippen molar-refractivity contribution in [3.63, 3.8) is 0 Å². The summed E-state index contributed by atoms with van der Waals surface area (Å²) in [5.41, 5.74) is -0.803. The lowest BCUT2D eigenvalue weighted by molar-refractivity contribution is -0.163. The van der Waals surface area contributed by atoms with Crippen LogP contribution < -0.4 is 5.32 Å². The third kappa shape index (κ3) is 3.52. The molecule has 114 valence electrons. The van der Waals surface area contributed by atoms with Crippen LogP contribution in [-0.4, -0.2) is 35.9 Å². The molecule has 0 bridgehead atoms. The van der Waals surface area contributed by atoms with Crippen LogP contribution in [0, 0.1) is 0 Å². The van der Waals surface area contributed by atoms with Crippen LogP contribution in [0.3, 0.4) is 0 Å². The maximum absolute atomic E-state index is 11.8. The van der Waals surface area contributed by atoms with Crippen LogP contribution in [0.15, 0.2) is 30.3 Å². The zero-order valence-corrected chi connectivity index (χ0v) is 11.9. The van der Waals surface area contributed by atoms with E-state index in [2.05, 4.69) is 10.1 Å². The molecule has 21 heavy (non-hydrogen) atoms. The van der Waals surface area contributed by atoms with Gasteiger partial charge in [0.25, 0.3) is 0 Å². The summed E-state index contributed by atoms with van der Waals surface area (Å²) in [6, 6.07) is 8.57. The van der Waals surface area contributed by atoms with Crippen molar-refractivity contribution in [1.82, 2.24) is 5.32 Å². The van der Waals surface area contributed by atoms with E-state index in [9.17, 15) is 14.7 Å². The molecule has 6 nitrogen and oxygen atoms in total. The monoisotopic (exact) mass is 293 g/mol. The number of ether oxygens (including phenoxy) is 2. The Morgan fingerprint density at radius 2 is 2.10 bits per heavy atom. The van der Waals surface area contributed by atoms with Crippen LogP contribution in [0.5, 0.6) is 0 Å². The van der Waals surface area contributed by atoms with Crippen molar-refractivity contribution < 1.29 is 24.2 Å². The number of amides is 1. The first-order valence-corrected chi connectivity index (χ1v) is 6.84. The third-order valence-corrected chi connectivity index (χ3v) is 3.67. The lowest BCUT2D eigenvalue weighted by Crippen LogP contribution is -2.54. The summed E-state index contributed by atoms with van der Waals surface area (Å²) in [5.74, 6) is -0.728. The second kappa shape index (κ2) is 6.58. The van der Waals surface area contributed by atoms with Crippen molar-refractivity contribution in [1.29, 1.82) is 0 Å². The fraction of sp³-hybridized carbons (Fsp3) is 0.467. The predicted octanol–water partition coefficient (Wildman–Crippen LogP) is 1.37. The van der Waals surface area contributed by atoms with E-state index in [4.69, 9.17) is 4.74 Å². The predicted molar refractivity (Wildman–Crippen MR) is 74.4 cm³/mol. The average molecular weight is 293 g/mol. The number of nitrogens with one attached hydrogen (secondary N) is 1. The molecule has 2 rings (SSSR count). The molecule has 1 fully saturated rings. The van der Waals surface area contributed by atoms with E-state index >= 15 is 0 Å². The topological polar surface area (TPSA) is 84.9 Å². The molecule has 1 aliphatic rings. The Bertz CT molecular complexity index is 504.